The van der Waals surface area contributed by atoms with Crippen LogP contribution >= 0.6 is 0 Å². The number of Topliss-reactive ketones (excluding diaryl/α,β-unsaturated/α-hetero) is 1. The number of carbonyl (C=O) groups excluding carboxylic acids is 2. The molecule has 1 saturated heterocycles. The van der Waals surface area contributed by atoms with Crippen LogP contribution in [-0.4, -0.2) is 30.3 Å². The Morgan fingerprint density at radius 2 is 1.73 bits per heavy atom. The van der Waals surface area contributed by atoms with Gasteiger partial charge < -0.3 is 19.0 Å². The van der Waals surface area contributed by atoms with Crippen LogP contribution in [-0.2, 0) is 9.59 Å². The third-order valence-electron chi connectivity index (χ3n) is 5.95. The molecule has 1 aromatic heterocycles. The lowest BCUT2D eigenvalue weighted by atomic mass is 9.95. The van der Waals surface area contributed by atoms with Gasteiger partial charge in [-0.1, -0.05) is 13.8 Å². The molecule has 0 radical (unpaired) electrons. The molecule has 1 atom stereocenters. The Balaban J connectivity index is 1.86. The van der Waals surface area contributed by atoms with Gasteiger partial charge in [0.05, 0.1) is 12.7 Å². The summed E-state index contributed by atoms with van der Waals surface area (Å²) in [6.07, 6.45) is -4.88. The number of anilines is 1. The minimum absolute atomic E-state index is 0.0334. The molecule has 1 aliphatic rings. The molecule has 0 aliphatic carbocycles. The van der Waals surface area contributed by atoms with E-state index in [0.29, 0.717) is 17.1 Å². The number of amides is 1. The fourth-order valence-electron chi connectivity index (χ4n) is 4.27. The second-order valence-corrected chi connectivity index (χ2v) is 8.77. The lowest BCUT2D eigenvalue weighted by Crippen LogP contribution is -2.29. The summed E-state index contributed by atoms with van der Waals surface area (Å²) >= 11 is 0. The molecule has 194 valence electrons. The third kappa shape index (κ3) is 5.04. The topological polar surface area (TPSA) is 89.2 Å². The van der Waals surface area contributed by atoms with Gasteiger partial charge in [-0.3, -0.25) is 14.5 Å². The lowest BCUT2D eigenvalue weighted by Gasteiger charge is -2.24. The van der Waals surface area contributed by atoms with Crippen LogP contribution < -0.4 is 14.4 Å². The van der Waals surface area contributed by atoms with Gasteiger partial charge in [-0.2, -0.15) is 0 Å². The summed E-state index contributed by atoms with van der Waals surface area (Å²) in [5.41, 5.74) is 0.985. The molecule has 0 saturated carbocycles. The molecule has 1 aliphatic heterocycles. The highest BCUT2D eigenvalue weighted by Crippen LogP contribution is 2.43. The summed E-state index contributed by atoms with van der Waals surface area (Å²) in [6.45, 7) is 5.56. The van der Waals surface area contributed by atoms with Gasteiger partial charge >= 0.3 is 6.36 Å². The number of hydrogen-bond acceptors (Lipinski definition) is 6. The number of hydrogen-bond donors (Lipinski definition) is 1. The number of aliphatic hydroxyl groups is 1. The molecule has 1 fully saturated rings. The molecule has 1 amide bonds. The number of rotatable bonds is 6. The highest BCUT2D eigenvalue weighted by Gasteiger charge is 2.48. The lowest BCUT2D eigenvalue weighted by molar-refractivity contribution is -0.274. The second-order valence-electron chi connectivity index (χ2n) is 8.77. The Hall–Kier alpha value is -4.21. The van der Waals surface area contributed by atoms with Crippen molar-refractivity contribution in [1.29, 1.82) is 0 Å². The van der Waals surface area contributed by atoms with Crippen molar-refractivity contribution in [3.8, 4) is 11.5 Å². The van der Waals surface area contributed by atoms with E-state index in [0.717, 1.165) is 22.6 Å². The van der Waals surface area contributed by atoms with E-state index in [9.17, 15) is 27.9 Å². The van der Waals surface area contributed by atoms with Crippen molar-refractivity contribution >= 4 is 23.1 Å². The number of halogens is 3. The fourth-order valence-corrected chi connectivity index (χ4v) is 4.27. The number of ether oxygens (including phenoxy) is 2. The van der Waals surface area contributed by atoms with Gasteiger partial charge in [-0.05, 0) is 73.0 Å². The Morgan fingerprint density at radius 1 is 1.05 bits per heavy atom. The monoisotopic (exact) mass is 515 g/mol. The summed E-state index contributed by atoms with van der Waals surface area (Å²) in [7, 11) is 1.52. The molecule has 37 heavy (non-hydrogen) atoms. The molecule has 2 aromatic carbocycles. The number of ketones is 1. The van der Waals surface area contributed by atoms with Crippen LogP contribution in [0.5, 0.6) is 11.5 Å². The quantitative estimate of drug-likeness (QED) is 0.237. The third-order valence-corrected chi connectivity index (χ3v) is 5.95. The Labute approximate surface area is 210 Å². The average Bonchev–Trinajstić information content (AvgIpc) is 3.38. The molecule has 0 spiro atoms. The Morgan fingerprint density at radius 3 is 2.27 bits per heavy atom. The number of benzene rings is 2. The maximum absolute atomic E-state index is 13.2. The number of methoxy groups -OCH3 is 1. The average molecular weight is 515 g/mol. The van der Waals surface area contributed by atoms with E-state index in [2.05, 4.69) is 4.74 Å². The van der Waals surface area contributed by atoms with E-state index in [1.54, 1.807) is 37.3 Å². The van der Waals surface area contributed by atoms with Gasteiger partial charge in [0.1, 0.15) is 34.8 Å². The van der Waals surface area contributed by atoms with Gasteiger partial charge in [0.25, 0.3) is 11.7 Å². The maximum Gasteiger partial charge on any atom is 0.573 e. The summed E-state index contributed by atoms with van der Waals surface area (Å²) in [6, 6.07) is 11.5. The molecule has 1 N–H and O–H groups in total. The minimum Gasteiger partial charge on any atom is -0.507 e. The van der Waals surface area contributed by atoms with Crippen LogP contribution in [0.25, 0.3) is 5.76 Å². The first kappa shape index (κ1) is 25.9. The van der Waals surface area contributed by atoms with Crippen LogP contribution in [0.2, 0.25) is 0 Å². The van der Waals surface area contributed by atoms with Crippen molar-refractivity contribution in [1.82, 2.24) is 0 Å². The van der Waals surface area contributed by atoms with Crippen LogP contribution in [0.15, 0.2) is 64.6 Å². The van der Waals surface area contributed by atoms with Crippen LogP contribution in [0.1, 0.15) is 48.5 Å². The predicted molar refractivity (Wildman–Crippen MR) is 128 cm³/mol. The van der Waals surface area contributed by atoms with E-state index >= 15 is 0 Å². The predicted octanol–water partition coefficient (Wildman–Crippen LogP) is 6.24. The zero-order chi connectivity index (χ0) is 27.1. The smallest absolute Gasteiger partial charge is 0.507 e. The SMILES string of the molecule is COc1ccc(/C(O)=C2/C(=O)C(=O)N(c3ccc(OC(F)(F)F)cc3)C2c2ccc(C)o2)cc1C(C)C. The molecule has 2 heterocycles. The van der Waals surface area contributed by atoms with E-state index in [1.807, 2.05) is 13.8 Å². The molecular formula is C27H24F3NO6. The van der Waals surface area contributed by atoms with Crippen LogP contribution in [0, 0.1) is 6.92 Å². The van der Waals surface area contributed by atoms with E-state index in [1.165, 1.54) is 19.2 Å². The fraction of sp³-hybridized carbons (Fsp3) is 0.259. The van der Waals surface area contributed by atoms with Crippen molar-refractivity contribution < 1.29 is 41.8 Å². The first-order chi connectivity index (χ1) is 17.4. The second kappa shape index (κ2) is 9.68. The molecule has 3 aromatic rings. The largest absolute Gasteiger partial charge is 0.573 e. The Kier molecular flexibility index (Phi) is 6.77. The number of aliphatic hydroxyl groups excluding tert-OH is 1. The highest BCUT2D eigenvalue weighted by molar-refractivity contribution is 6.51. The van der Waals surface area contributed by atoms with Crippen molar-refractivity contribution in [2.24, 2.45) is 0 Å². The van der Waals surface area contributed by atoms with Crippen molar-refractivity contribution in [3.63, 3.8) is 0 Å². The molecule has 0 bridgehead atoms. The zero-order valence-corrected chi connectivity index (χ0v) is 20.4. The highest BCUT2D eigenvalue weighted by atomic mass is 19.4. The summed E-state index contributed by atoms with van der Waals surface area (Å²) in [5.74, 6) is -1.50. The van der Waals surface area contributed by atoms with Gasteiger partial charge in [0.15, 0.2) is 0 Å². The van der Waals surface area contributed by atoms with Crippen LogP contribution in [0.4, 0.5) is 18.9 Å². The number of alkyl halides is 3. The molecule has 7 nitrogen and oxygen atoms in total. The van der Waals surface area contributed by atoms with E-state index < -0.39 is 35.6 Å². The van der Waals surface area contributed by atoms with Gasteiger partial charge in [0, 0.05) is 11.3 Å². The summed E-state index contributed by atoms with van der Waals surface area (Å²) in [5, 5.41) is 11.3. The molecule has 1 unspecified atom stereocenters. The molecular weight excluding hydrogens is 491 g/mol. The summed E-state index contributed by atoms with van der Waals surface area (Å²) in [4.78, 5) is 27.5. The van der Waals surface area contributed by atoms with Crippen molar-refractivity contribution in [2.75, 3.05) is 12.0 Å². The van der Waals surface area contributed by atoms with E-state index in [-0.39, 0.29) is 22.9 Å². The van der Waals surface area contributed by atoms with Crippen molar-refractivity contribution in [3.05, 3.63) is 82.8 Å². The summed E-state index contributed by atoms with van der Waals surface area (Å²) < 4.78 is 52.8. The van der Waals surface area contributed by atoms with E-state index in [4.69, 9.17) is 9.15 Å². The van der Waals surface area contributed by atoms with Crippen molar-refractivity contribution in [2.45, 2.75) is 39.1 Å². The number of aryl methyl sites for hydroxylation is 1. The normalized spacial score (nSPS) is 17.5. The first-order valence-corrected chi connectivity index (χ1v) is 11.3. The number of carbonyl (C=O) groups is 2. The first-order valence-electron chi connectivity index (χ1n) is 11.3. The molecule has 10 heteroatoms. The van der Waals surface area contributed by atoms with Gasteiger partial charge in [0.2, 0.25) is 0 Å². The number of nitrogens with zero attached hydrogens (tertiary/aromatic N) is 1. The molecule has 4 rings (SSSR count). The van der Waals surface area contributed by atoms with Gasteiger partial charge in [-0.15, -0.1) is 13.2 Å². The maximum atomic E-state index is 13.2. The van der Waals surface area contributed by atoms with Gasteiger partial charge in [-0.25, -0.2) is 0 Å². The van der Waals surface area contributed by atoms with Crippen LogP contribution in [0.3, 0.4) is 0 Å². The number of furan rings is 1. The zero-order valence-electron chi connectivity index (χ0n) is 20.4. The Bertz CT molecular complexity index is 1370. The standard InChI is InChI=1S/C27H24F3NO6/c1-14(2)19-13-16(6-12-20(19)35-4)24(32)22-23(21-11-5-15(3)36-21)31(26(34)25(22)33)17-7-9-18(10-8-17)37-27(28,29)30/h5-14,23,32H,1-4H3/b24-22-. The minimum atomic E-state index is -4.88.